The number of rotatable bonds is 12. The lowest BCUT2D eigenvalue weighted by Crippen LogP contribution is -2.24. The number of thiophene rings is 1. The Balaban J connectivity index is 2.01. The van der Waals surface area contributed by atoms with Crippen molar-refractivity contribution in [3.8, 4) is 11.5 Å². The van der Waals surface area contributed by atoms with Gasteiger partial charge in [0.2, 0.25) is 0 Å². The predicted octanol–water partition coefficient (Wildman–Crippen LogP) is 3.37. The van der Waals surface area contributed by atoms with Crippen molar-refractivity contribution in [2.75, 3.05) is 38.4 Å². The van der Waals surface area contributed by atoms with Crippen molar-refractivity contribution in [2.45, 2.75) is 27.7 Å². The average molecular weight is 494 g/mol. The number of esters is 3. The van der Waals surface area contributed by atoms with Gasteiger partial charge in [0.15, 0.2) is 24.7 Å². The van der Waals surface area contributed by atoms with Crippen LogP contribution in [0.3, 0.4) is 0 Å². The summed E-state index contributed by atoms with van der Waals surface area (Å²) in [5.41, 5.74) is 0.376. The van der Waals surface area contributed by atoms with Crippen molar-refractivity contribution in [3.05, 3.63) is 40.3 Å². The number of para-hydroxylation sites is 2. The minimum absolute atomic E-state index is 0.0467. The first-order chi connectivity index (χ1) is 16.3. The van der Waals surface area contributed by atoms with E-state index in [1.807, 2.05) is 6.92 Å². The van der Waals surface area contributed by atoms with E-state index >= 15 is 0 Å². The van der Waals surface area contributed by atoms with Crippen molar-refractivity contribution < 1.29 is 42.9 Å². The highest BCUT2D eigenvalue weighted by Gasteiger charge is 2.27. The van der Waals surface area contributed by atoms with E-state index in [9.17, 15) is 19.2 Å². The van der Waals surface area contributed by atoms with E-state index in [1.165, 1.54) is 0 Å². The van der Waals surface area contributed by atoms with Gasteiger partial charge in [0.05, 0.1) is 25.4 Å². The Morgan fingerprint density at radius 1 is 0.824 bits per heavy atom. The summed E-state index contributed by atoms with van der Waals surface area (Å²) >= 11 is 0.878. The van der Waals surface area contributed by atoms with E-state index in [0.29, 0.717) is 23.7 Å². The van der Waals surface area contributed by atoms with Crippen LogP contribution in [0.2, 0.25) is 0 Å². The Bertz CT molecular complexity index is 1030. The van der Waals surface area contributed by atoms with Crippen LogP contribution < -0.4 is 14.8 Å². The molecule has 0 unspecified atom stereocenters. The van der Waals surface area contributed by atoms with Crippen LogP contribution in [-0.2, 0) is 23.8 Å². The SMILES string of the molecule is CCOC(=O)c1sc(NC(=O)COC(=O)COc2ccccc2OCC)c(C(=O)OCC)c1C. The molecule has 0 atom stereocenters. The molecular weight excluding hydrogens is 466 g/mol. The highest BCUT2D eigenvalue weighted by Crippen LogP contribution is 2.34. The van der Waals surface area contributed by atoms with Gasteiger partial charge in [-0.3, -0.25) is 4.79 Å². The molecule has 10 nitrogen and oxygen atoms in total. The normalized spacial score (nSPS) is 10.2. The molecule has 0 aliphatic heterocycles. The Labute approximate surface area is 201 Å². The maximum absolute atomic E-state index is 12.4. The molecule has 11 heteroatoms. The lowest BCUT2D eigenvalue weighted by molar-refractivity contribution is -0.149. The number of anilines is 1. The first kappa shape index (κ1) is 26.7. The standard InChI is InChI=1S/C23H27NO9S/c1-5-29-15-10-8-9-11-16(15)32-13-18(26)33-12-17(25)24-21-19(22(27)30-6-2)14(4)20(34-21)23(28)31-7-3/h8-11H,5-7,12-13H2,1-4H3,(H,24,25). The third kappa shape index (κ3) is 7.20. The summed E-state index contributed by atoms with van der Waals surface area (Å²) in [6, 6.07) is 6.84. The summed E-state index contributed by atoms with van der Waals surface area (Å²) in [5, 5.41) is 2.60. The van der Waals surface area contributed by atoms with Gasteiger partial charge in [-0.15, -0.1) is 11.3 Å². The maximum Gasteiger partial charge on any atom is 0.348 e. The Morgan fingerprint density at radius 3 is 2.06 bits per heavy atom. The molecule has 1 aromatic carbocycles. The topological polar surface area (TPSA) is 126 Å². The van der Waals surface area contributed by atoms with Crippen LogP contribution >= 0.6 is 11.3 Å². The number of carbonyl (C=O) groups is 4. The Morgan fingerprint density at radius 2 is 1.44 bits per heavy atom. The molecule has 0 saturated carbocycles. The molecule has 2 rings (SSSR count). The van der Waals surface area contributed by atoms with Gasteiger partial charge in [-0.25, -0.2) is 14.4 Å². The molecule has 0 radical (unpaired) electrons. The van der Waals surface area contributed by atoms with E-state index in [4.69, 9.17) is 23.7 Å². The molecule has 0 spiro atoms. The summed E-state index contributed by atoms with van der Waals surface area (Å²) in [5.74, 6) is -1.95. The molecule has 2 aromatic rings. The van der Waals surface area contributed by atoms with Gasteiger partial charge < -0.3 is 29.0 Å². The van der Waals surface area contributed by atoms with Crippen molar-refractivity contribution in [3.63, 3.8) is 0 Å². The van der Waals surface area contributed by atoms with Gasteiger partial charge >= 0.3 is 17.9 Å². The van der Waals surface area contributed by atoms with Crippen LogP contribution in [0.25, 0.3) is 0 Å². The van der Waals surface area contributed by atoms with Crippen molar-refractivity contribution in [2.24, 2.45) is 0 Å². The number of hydrogen-bond acceptors (Lipinski definition) is 10. The zero-order chi connectivity index (χ0) is 25.1. The quantitative estimate of drug-likeness (QED) is 0.350. The van der Waals surface area contributed by atoms with Crippen LogP contribution in [0, 0.1) is 6.92 Å². The number of hydrogen-bond donors (Lipinski definition) is 1. The summed E-state index contributed by atoms with van der Waals surface area (Å²) in [6.07, 6.45) is 0. The lowest BCUT2D eigenvalue weighted by atomic mass is 10.1. The molecule has 1 heterocycles. The van der Waals surface area contributed by atoms with E-state index in [0.717, 1.165) is 11.3 Å². The molecule has 0 bridgehead atoms. The summed E-state index contributed by atoms with van der Waals surface area (Å²) in [7, 11) is 0. The average Bonchev–Trinajstić information content (AvgIpc) is 3.13. The predicted molar refractivity (Wildman–Crippen MR) is 124 cm³/mol. The van der Waals surface area contributed by atoms with Crippen LogP contribution in [0.5, 0.6) is 11.5 Å². The van der Waals surface area contributed by atoms with Gasteiger partial charge in [0, 0.05) is 0 Å². The van der Waals surface area contributed by atoms with Crippen LogP contribution in [0.1, 0.15) is 46.4 Å². The molecule has 34 heavy (non-hydrogen) atoms. The highest BCUT2D eigenvalue weighted by molar-refractivity contribution is 7.18. The van der Waals surface area contributed by atoms with Gasteiger partial charge in [-0.1, -0.05) is 12.1 Å². The number of amides is 1. The molecule has 184 valence electrons. The van der Waals surface area contributed by atoms with Crippen LogP contribution in [0.15, 0.2) is 24.3 Å². The zero-order valence-corrected chi connectivity index (χ0v) is 20.2. The highest BCUT2D eigenvalue weighted by atomic mass is 32.1. The fraction of sp³-hybridized carbons (Fsp3) is 0.391. The fourth-order valence-corrected chi connectivity index (χ4v) is 3.88. The minimum Gasteiger partial charge on any atom is -0.490 e. The monoisotopic (exact) mass is 493 g/mol. The van der Waals surface area contributed by atoms with E-state index < -0.39 is 37.0 Å². The second-order valence-electron chi connectivity index (χ2n) is 6.58. The van der Waals surface area contributed by atoms with Gasteiger partial charge in [0.25, 0.3) is 5.91 Å². The smallest absolute Gasteiger partial charge is 0.348 e. The summed E-state index contributed by atoms with van der Waals surface area (Å²) < 4.78 is 25.8. The molecule has 1 aromatic heterocycles. The van der Waals surface area contributed by atoms with Gasteiger partial charge in [0.1, 0.15) is 9.88 Å². The Kier molecular flexibility index (Phi) is 10.3. The van der Waals surface area contributed by atoms with Crippen molar-refractivity contribution >= 4 is 40.2 Å². The van der Waals surface area contributed by atoms with E-state index in [2.05, 4.69) is 5.32 Å². The zero-order valence-electron chi connectivity index (χ0n) is 19.4. The first-order valence-electron chi connectivity index (χ1n) is 10.6. The number of nitrogens with one attached hydrogen (secondary N) is 1. The largest absolute Gasteiger partial charge is 0.490 e. The van der Waals surface area contributed by atoms with Crippen LogP contribution in [-0.4, -0.2) is 56.8 Å². The number of carbonyl (C=O) groups excluding carboxylic acids is 4. The molecule has 1 amide bonds. The third-order valence-electron chi connectivity index (χ3n) is 4.20. The molecule has 1 N–H and O–H groups in total. The second kappa shape index (κ2) is 13.2. The molecule has 0 fully saturated rings. The van der Waals surface area contributed by atoms with Crippen molar-refractivity contribution in [1.29, 1.82) is 0 Å². The van der Waals surface area contributed by atoms with E-state index in [1.54, 1.807) is 45.0 Å². The lowest BCUT2D eigenvalue weighted by Gasteiger charge is -2.11. The molecule has 0 saturated heterocycles. The molecule has 0 aliphatic carbocycles. The molecular formula is C23H27NO9S. The maximum atomic E-state index is 12.4. The minimum atomic E-state index is -0.776. The van der Waals surface area contributed by atoms with E-state index in [-0.39, 0.29) is 28.7 Å². The van der Waals surface area contributed by atoms with Gasteiger partial charge in [-0.05, 0) is 45.4 Å². The fourth-order valence-electron chi connectivity index (χ4n) is 2.77. The second-order valence-corrected chi connectivity index (χ2v) is 7.60. The number of benzene rings is 1. The summed E-state index contributed by atoms with van der Waals surface area (Å²) in [6.45, 7) is 6.31. The first-order valence-corrected chi connectivity index (χ1v) is 11.4. The number of ether oxygens (including phenoxy) is 5. The van der Waals surface area contributed by atoms with Crippen LogP contribution in [0.4, 0.5) is 5.00 Å². The third-order valence-corrected chi connectivity index (χ3v) is 5.39. The summed E-state index contributed by atoms with van der Waals surface area (Å²) in [4.78, 5) is 49.1. The van der Waals surface area contributed by atoms with Crippen molar-refractivity contribution in [1.82, 2.24) is 0 Å². The Hall–Kier alpha value is -3.60. The molecule has 0 aliphatic rings. The van der Waals surface area contributed by atoms with Gasteiger partial charge in [-0.2, -0.15) is 0 Å².